The first-order valence-corrected chi connectivity index (χ1v) is 4.04. The minimum atomic E-state index is -0.729. The van der Waals surface area contributed by atoms with Gasteiger partial charge in [0.1, 0.15) is 0 Å². The molecule has 0 aromatic rings. The van der Waals surface area contributed by atoms with Crippen molar-refractivity contribution >= 4 is 16.2 Å². The molecule has 0 saturated heterocycles. The Morgan fingerprint density at radius 3 is 2.44 bits per heavy atom. The number of rotatable bonds is 0. The van der Waals surface area contributed by atoms with Crippen molar-refractivity contribution in [3.8, 4) is 0 Å². The molecule has 0 unspecified atom stereocenters. The van der Waals surface area contributed by atoms with E-state index in [1.165, 1.54) is 7.11 Å². The summed E-state index contributed by atoms with van der Waals surface area (Å²) in [5, 5.41) is 3.59. The van der Waals surface area contributed by atoms with E-state index in [1.807, 2.05) is 23.0 Å². The third-order valence-corrected chi connectivity index (χ3v) is 2.58. The molecule has 0 radical (unpaired) electrons. The van der Waals surface area contributed by atoms with Gasteiger partial charge in [-0.1, -0.05) is 12.2 Å². The van der Waals surface area contributed by atoms with Gasteiger partial charge in [-0.2, -0.15) is 0 Å². The molecule has 1 aliphatic heterocycles. The molecule has 0 aromatic heterocycles. The first kappa shape index (κ1) is 6.42. The Hall–Kier alpha value is -0.700. The summed E-state index contributed by atoms with van der Waals surface area (Å²) >= 11 is 0. The van der Waals surface area contributed by atoms with Crippen LogP contribution in [0.2, 0.25) is 0 Å². The van der Waals surface area contributed by atoms with E-state index in [0.29, 0.717) is 0 Å². The molecule has 2 nitrogen and oxygen atoms in total. The number of ether oxygens (including phenoxy) is 1. The third-order valence-electron chi connectivity index (χ3n) is 0.990. The summed E-state index contributed by atoms with van der Waals surface area (Å²) < 4.78 is 4.52. The van der Waals surface area contributed by atoms with Crippen LogP contribution in [-0.4, -0.2) is 12.4 Å². The first-order chi connectivity index (χ1) is 4.34. The second-order valence-electron chi connectivity index (χ2n) is 1.56. The van der Waals surface area contributed by atoms with Crippen molar-refractivity contribution < 1.29 is 9.53 Å². The summed E-state index contributed by atoms with van der Waals surface area (Å²) in [6, 6.07) is 0. The molecular formula is C6H8O2S. The van der Waals surface area contributed by atoms with Crippen molar-refractivity contribution in [1.82, 2.24) is 0 Å². The second kappa shape index (κ2) is 2.73. The third kappa shape index (κ3) is 1.36. The monoisotopic (exact) mass is 144 g/mol. The number of allylic oxidation sites excluding steroid dienone is 2. The summed E-state index contributed by atoms with van der Waals surface area (Å²) in [5.41, 5.74) is 0. The maximum Gasteiger partial charge on any atom is 0.353 e. The number of carbonyl (C=O) groups is 1. The van der Waals surface area contributed by atoms with Crippen LogP contribution in [0.5, 0.6) is 0 Å². The zero-order chi connectivity index (χ0) is 6.69. The molecule has 0 aliphatic carbocycles. The highest BCUT2D eigenvalue weighted by atomic mass is 32.2. The van der Waals surface area contributed by atoms with Crippen LogP contribution in [0.25, 0.3) is 0 Å². The molecule has 50 valence electrons. The SMILES string of the molecule is COC(=O)[SH]1C=CC=C1. The van der Waals surface area contributed by atoms with Crippen molar-refractivity contribution in [3.05, 3.63) is 23.0 Å². The lowest BCUT2D eigenvalue weighted by atomic mass is 10.6. The van der Waals surface area contributed by atoms with Gasteiger partial charge in [0.05, 0.1) is 7.11 Å². The maximum absolute atomic E-state index is 10.7. The predicted octanol–water partition coefficient (Wildman–Crippen LogP) is 1.79. The molecule has 0 bridgehead atoms. The van der Waals surface area contributed by atoms with Gasteiger partial charge in [0, 0.05) is 0 Å². The highest BCUT2D eigenvalue weighted by Crippen LogP contribution is 2.34. The van der Waals surface area contributed by atoms with E-state index in [2.05, 4.69) is 4.74 Å². The standard InChI is InChI=1S/C6H8O2S/c1-8-6(7)9-4-2-3-5-9/h2-5,9H,1H3. The topological polar surface area (TPSA) is 26.3 Å². The fourth-order valence-electron chi connectivity index (χ4n) is 0.562. The Bertz CT molecular complexity index is 160. The average Bonchev–Trinajstić information content (AvgIpc) is 2.37. The smallest absolute Gasteiger partial charge is 0.353 e. The van der Waals surface area contributed by atoms with Gasteiger partial charge < -0.3 is 4.74 Å². The molecule has 0 N–H and O–H groups in total. The zero-order valence-corrected chi connectivity index (χ0v) is 5.97. The molecule has 9 heavy (non-hydrogen) atoms. The Morgan fingerprint density at radius 2 is 2.00 bits per heavy atom. The molecular weight excluding hydrogens is 136 g/mol. The second-order valence-corrected chi connectivity index (χ2v) is 3.34. The van der Waals surface area contributed by atoms with Crippen LogP contribution in [0, 0.1) is 0 Å². The van der Waals surface area contributed by atoms with Crippen molar-refractivity contribution in [2.24, 2.45) is 0 Å². The Kier molecular flexibility index (Phi) is 1.95. The Morgan fingerprint density at radius 1 is 1.44 bits per heavy atom. The first-order valence-electron chi connectivity index (χ1n) is 2.56. The van der Waals surface area contributed by atoms with Crippen molar-refractivity contribution in [3.63, 3.8) is 0 Å². The normalized spacial score (nSPS) is 18.6. The van der Waals surface area contributed by atoms with Crippen LogP contribution in [0.3, 0.4) is 0 Å². The van der Waals surface area contributed by atoms with Crippen LogP contribution in [0.1, 0.15) is 0 Å². The molecule has 0 saturated carbocycles. The van der Waals surface area contributed by atoms with Crippen LogP contribution >= 0.6 is 10.9 Å². The van der Waals surface area contributed by atoms with Gasteiger partial charge in [0.25, 0.3) is 0 Å². The lowest BCUT2D eigenvalue weighted by molar-refractivity contribution is 0.200. The molecule has 3 heteroatoms. The molecule has 0 fully saturated rings. The van der Waals surface area contributed by atoms with Gasteiger partial charge in [0.2, 0.25) is 0 Å². The number of thiol groups is 1. The van der Waals surface area contributed by atoms with Gasteiger partial charge >= 0.3 is 5.30 Å². The summed E-state index contributed by atoms with van der Waals surface area (Å²) in [6.07, 6.45) is 3.73. The number of carbonyl (C=O) groups excluding carboxylic acids is 1. The molecule has 0 aromatic carbocycles. The van der Waals surface area contributed by atoms with Crippen molar-refractivity contribution in [2.75, 3.05) is 7.11 Å². The molecule has 1 aliphatic rings. The Labute approximate surface area is 56.5 Å². The van der Waals surface area contributed by atoms with Crippen LogP contribution in [0.15, 0.2) is 23.0 Å². The van der Waals surface area contributed by atoms with Crippen LogP contribution < -0.4 is 0 Å². The average molecular weight is 144 g/mol. The minimum Gasteiger partial charge on any atom is -0.462 e. The number of hydrogen-bond donors (Lipinski definition) is 1. The number of methoxy groups -OCH3 is 1. The van der Waals surface area contributed by atoms with Crippen LogP contribution in [0.4, 0.5) is 4.79 Å². The van der Waals surface area contributed by atoms with Crippen LogP contribution in [-0.2, 0) is 4.74 Å². The van der Waals surface area contributed by atoms with Gasteiger partial charge in [-0.3, -0.25) is 0 Å². The fourth-order valence-corrected chi connectivity index (χ4v) is 1.68. The highest BCUT2D eigenvalue weighted by Gasteiger charge is 2.08. The summed E-state index contributed by atoms with van der Waals surface area (Å²) in [6.45, 7) is 0. The summed E-state index contributed by atoms with van der Waals surface area (Å²) in [4.78, 5) is 10.7. The molecule has 1 heterocycles. The lowest BCUT2D eigenvalue weighted by Gasteiger charge is -2.04. The van der Waals surface area contributed by atoms with Crippen molar-refractivity contribution in [2.45, 2.75) is 0 Å². The predicted molar refractivity (Wildman–Crippen MR) is 39.7 cm³/mol. The zero-order valence-electron chi connectivity index (χ0n) is 5.07. The van der Waals surface area contributed by atoms with E-state index >= 15 is 0 Å². The van der Waals surface area contributed by atoms with E-state index < -0.39 is 10.9 Å². The fraction of sp³-hybridized carbons (Fsp3) is 0.167. The highest BCUT2D eigenvalue weighted by molar-refractivity contribution is 8.34. The summed E-state index contributed by atoms with van der Waals surface area (Å²) in [7, 11) is 0.679. The quantitative estimate of drug-likeness (QED) is 0.414. The maximum atomic E-state index is 10.7. The van der Waals surface area contributed by atoms with Gasteiger partial charge in [0.15, 0.2) is 0 Å². The summed E-state index contributed by atoms with van der Waals surface area (Å²) in [5.74, 6) is 0. The lowest BCUT2D eigenvalue weighted by Crippen LogP contribution is -1.92. The van der Waals surface area contributed by atoms with Gasteiger partial charge in [-0.15, -0.1) is 10.9 Å². The van der Waals surface area contributed by atoms with E-state index in [9.17, 15) is 4.79 Å². The van der Waals surface area contributed by atoms with E-state index in [-0.39, 0.29) is 5.30 Å². The largest absolute Gasteiger partial charge is 0.462 e. The van der Waals surface area contributed by atoms with E-state index in [1.54, 1.807) is 0 Å². The van der Waals surface area contributed by atoms with Gasteiger partial charge in [-0.25, -0.2) is 4.79 Å². The molecule has 0 atom stereocenters. The van der Waals surface area contributed by atoms with Gasteiger partial charge in [-0.05, 0) is 10.8 Å². The number of hydrogen-bond acceptors (Lipinski definition) is 2. The van der Waals surface area contributed by atoms with E-state index in [4.69, 9.17) is 0 Å². The van der Waals surface area contributed by atoms with E-state index in [0.717, 1.165) is 0 Å². The van der Waals surface area contributed by atoms with Crippen molar-refractivity contribution in [1.29, 1.82) is 0 Å². The molecule has 0 spiro atoms. The Balaban J connectivity index is 2.53. The minimum absolute atomic E-state index is 0.130. The molecule has 0 amide bonds. The molecule has 1 rings (SSSR count).